The Balaban J connectivity index is 1.46. The zero-order chi connectivity index (χ0) is 19.5. The summed E-state index contributed by atoms with van der Waals surface area (Å²) in [7, 11) is 1.92. The summed E-state index contributed by atoms with van der Waals surface area (Å²) < 4.78 is 36.1. The Labute approximate surface area is 163 Å². The number of nitrogens with zero attached hydrogens (tertiary/aromatic N) is 4. The highest BCUT2D eigenvalue weighted by atomic mass is 32.1. The van der Waals surface area contributed by atoms with Crippen molar-refractivity contribution in [3.8, 4) is 17.1 Å². The Morgan fingerprint density at radius 1 is 1.07 bits per heavy atom. The molecule has 28 heavy (non-hydrogen) atoms. The van der Waals surface area contributed by atoms with E-state index in [1.54, 1.807) is 29.5 Å². The van der Waals surface area contributed by atoms with Crippen molar-refractivity contribution in [2.45, 2.75) is 19.7 Å². The molecule has 0 atom stereocenters. The monoisotopic (exact) mass is 402 g/mol. The number of hydrogen-bond donors (Lipinski definition) is 0. The van der Waals surface area contributed by atoms with E-state index in [0.29, 0.717) is 24.5 Å². The van der Waals surface area contributed by atoms with Gasteiger partial charge in [-0.2, -0.15) is 13.8 Å². The highest BCUT2D eigenvalue weighted by Crippen LogP contribution is 2.29. The van der Waals surface area contributed by atoms with Crippen molar-refractivity contribution in [3.63, 3.8) is 0 Å². The third kappa shape index (κ3) is 4.15. The van der Waals surface area contributed by atoms with Gasteiger partial charge in [-0.15, -0.1) is 11.3 Å². The fourth-order valence-electron chi connectivity index (χ4n) is 2.78. The molecule has 0 saturated carbocycles. The molecule has 6 nitrogen and oxygen atoms in total. The minimum atomic E-state index is -2.92. The average Bonchev–Trinajstić information content (AvgIpc) is 3.27. The van der Waals surface area contributed by atoms with Gasteiger partial charge in [0, 0.05) is 0 Å². The molecule has 2 heterocycles. The highest BCUT2D eigenvalue weighted by Gasteiger charge is 2.17. The summed E-state index contributed by atoms with van der Waals surface area (Å²) in [6, 6.07) is 14.3. The van der Waals surface area contributed by atoms with E-state index < -0.39 is 6.61 Å². The van der Waals surface area contributed by atoms with Gasteiger partial charge in [0.1, 0.15) is 10.8 Å². The largest absolute Gasteiger partial charge is 0.434 e. The lowest BCUT2D eigenvalue weighted by atomic mass is 10.2. The summed E-state index contributed by atoms with van der Waals surface area (Å²) in [5, 5.41) is 4.88. The minimum Gasteiger partial charge on any atom is -0.434 e. The van der Waals surface area contributed by atoms with E-state index in [0.717, 1.165) is 15.2 Å². The molecule has 2 aromatic heterocycles. The molecule has 144 valence electrons. The van der Waals surface area contributed by atoms with E-state index in [4.69, 9.17) is 4.52 Å². The number of alkyl halides is 2. The topological polar surface area (TPSA) is 64.3 Å². The van der Waals surface area contributed by atoms with E-state index in [-0.39, 0.29) is 11.6 Å². The molecule has 0 N–H and O–H groups in total. The standard InChI is InChI=1S/C19H16F2N4O2S/c1-25(11-17-22-13-7-3-5-9-15(13)28-17)10-16-23-18(24-27-16)12-6-2-4-8-14(12)26-19(20)21/h2-9,19H,10-11H2,1H3. The lowest BCUT2D eigenvalue weighted by Gasteiger charge is -2.11. The number of rotatable bonds is 7. The molecule has 0 radical (unpaired) electrons. The normalized spacial score (nSPS) is 11.6. The molecule has 0 saturated heterocycles. The first-order valence-corrected chi connectivity index (χ1v) is 9.30. The zero-order valence-electron chi connectivity index (χ0n) is 14.9. The van der Waals surface area contributed by atoms with Crippen LogP contribution in [0.15, 0.2) is 53.1 Å². The molecule has 9 heteroatoms. The van der Waals surface area contributed by atoms with Crippen LogP contribution in [0.4, 0.5) is 8.78 Å². The number of ether oxygens (including phenoxy) is 1. The molecule has 0 aliphatic carbocycles. The van der Waals surface area contributed by atoms with Crippen LogP contribution in [-0.4, -0.2) is 33.7 Å². The second-order valence-electron chi connectivity index (χ2n) is 6.13. The summed E-state index contributed by atoms with van der Waals surface area (Å²) in [5.74, 6) is 0.595. The Hall–Kier alpha value is -2.91. The molecule has 0 aliphatic heterocycles. The van der Waals surface area contributed by atoms with Gasteiger partial charge in [-0.05, 0) is 31.3 Å². The lowest BCUT2D eigenvalue weighted by molar-refractivity contribution is -0.0494. The summed E-state index contributed by atoms with van der Waals surface area (Å²) in [6.45, 7) is -1.89. The fourth-order valence-corrected chi connectivity index (χ4v) is 3.83. The maximum absolute atomic E-state index is 12.6. The van der Waals surface area contributed by atoms with E-state index >= 15 is 0 Å². The summed E-state index contributed by atoms with van der Waals surface area (Å²) in [5.41, 5.74) is 1.33. The van der Waals surface area contributed by atoms with Crippen molar-refractivity contribution < 1.29 is 18.0 Å². The van der Waals surface area contributed by atoms with Crippen molar-refractivity contribution in [2.24, 2.45) is 0 Å². The average molecular weight is 402 g/mol. The molecule has 0 amide bonds. The number of fused-ring (bicyclic) bond motifs is 1. The molecular weight excluding hydrogens is 386 g/mol. The first-order chi connectivity index (χ1) is 13.6. The van der Waals surface area contributed by atoms with Gasteiger partial charge < -0.3 is 9.26 Å². The number of hydrogen-bond acceptors (Lipinski definition) is 7. The van der Waals surface area contributed by atoms with Crippen molar-refractivity contribution in [2.75, 3.05) is 7.05 Å². The predicted molar refractivity (Wildman–Crippen MR) is 101 cm³/mol. The van der Waals surface area contributed by atoms with Crippen molar-refractivity contribution in [1.29, 1.82) is 0 Å². The molecule has 0 unspecified atom stereocenters. The SMILES string of the molecule is CN(Cc1nc(-c2ccccc2OC(F)F)no1)Cc1nc2ccccc2s1. The number of para-hydroxylation sites is 2. The van der Waals surface area contributed by atoms with Gasteiger partial charge in [-0.3, -0.25) is 4.90 Å². The van der Waals surface area contributed by atoms with E-state index in [2.05, 4.69) is 19.9 Å². The third-order valence-electron chi connectivity index (χ3n) is 3.96. The van der Waals surface area contributed by atoms with Crippen LogP contribution in [0.2, 0.25) is 0 Å². The predicted octanol–water partition coefficient (Wildman–Crippen LogP) is 4.58. The van der Waals surface area contributed by atoms with Crippen LogP contribution in [0, 0.1) is 0 Å². The van der Waals surface area contributed by atoms with Crippen LogP contribution in [0.5, 0.6) is 5.75 Å². The van der Waals surface area contributed by atoms with E-state index in [1.807, 2.05) is 36.2 Å². The van der Waals surface area contributed by atoms with Crippen LogP contribution < -0.4 is 4.74 Å². The van der Waals surface area contributed by atoms with E-state index in [9.17, 15) is 8.78 Å². The Morgan fingerprint density at radius 3 is 2.68 bits per heavy atom. The maximum Gasteiger partial charge on any atom is 0.387 e. The number of aromatic nitrogens is 3. The number of thiazole rings is 1. The van der Waals surface area contributed by atoms with Crippen LogP contribution in [0.1, 0.15) is 10.9 Å². The Morgan fingerprint density at radius 2 is 1.86 bits per heavy atom. The van der Waals surface area contributed by atoms with Gasteiger partial charge in [0.05, 0.1) is 28.9 Å². The van der Waals surface area contributed by atoms with Crippen LogP contribution >= 0.6 is 11.3 Å². The summed E-state index contributed by atoms with van der Waals surface area (Å²) >= 11 is 1.64. The molecular formula is C19H16F2N4O2S. The third-order valence-corrected chi connectivity index (χ3v) is 4.98. The van der Waals surface area contributed by atoms with Gasteiger partial charge in [0.2, 0.25) is 11.7 Å². The van der Waals surface area contributed by atoms with Crippen molar-refractivity contribution >= 4 is 21.6 Å². The fraction of sp³-hybridized carbons (Fsp3) is 0.211. The summed E-state index contributed by atoms with van der Waals surface area (Å²) in [6.07, 6.45) is 0. The highest BCUT2D eigenvalue weighted by molar-refractivity contribution is 7.18. The molecule has 4 aromatic rings. The maximum atomic E-state index is 12.6. The molecule has 0 bridgehead atoms. The minimum absolute atomic E-state index is 0.00711. The Bertz CT molecular complexity index is 1050. The summed E-state index contributed by atoms with van der Waals surface area (Å²) in [4.78, 5) is 10.9. The molecule has 2 aromatic carbocycles. The van der Waals surface area contributed by atoms with Crippen LogP contribution in [0.3, 0.4) is 0 Å². The lowest BCUT2D eigenvalue weighted by Crippen LogP contribution is -2.17. The smallest absolute Gasteiger partial charge is 0.387 e. The zero-order valence-corrected chi connectivity index (χ0v) is 15.7. The first kappa shape index (κ1) is 18.5. The molecule has 0 aliphatic rings. The molecule has 4 rings (SSSR count). The second-order valence-corrected chi connectivity index (χ2v) is 7.25. The molecule has 0 fully saturated rings. The van der Waals surface area contributed by atoms with Crippen LogP contribution in [-0.2, 0) is 13.1 Å². The quantitative estimate of drug-likeness (QED) is 0.451. The van der Waals surface area contributed by atoms with Gasteiger partial charge >= 0.3 is 6.61 Å². The van der Waals surface area contributed by atoms with Gasteiger partial charge in [0.25, 0.3) is 0 Å². The number of halogens is 2. The Kier molecular flexibility index (Phi) is 5.27. The molecule has 0 spiro atoms. The van der Waals surface area contributed by atoms with Crippen molar-refractivity contribution in [3.05, 3.63) is 59.4 Å². The van der Waals surface area contributed by atoms with Gasteiger partial charge in [0.15, 0.2) is 0 Å². The number of benzene rings is 2. The van der Waals surface area contributed by atoms with Gasteiger partial charge in [-0.1, -0.05) is 29.4 Å². The first-order valence-electron chi connectivity index (χ1n) is 8.48. The van der Waals surface area contributed by atoms with E-state index in [1.165, 1.54) is 6.07 Å². The van der Waals surface area contributed by atoms with Crippen LogP contribution in [0.25, 0.3) is 21.6 Å². The van der Waals surface area contributed by atoms with Gasteiger partial charge in [-0.25, -0.2) is 4.98 Å². The second kappa shape index (κ2) is 7.99. The van der Waals surface area contributed by atoms with Crippen molar-refractivity contribution in [1.82, 2.24) is 20.0 Å².